The zero-order chi connectivity index (χ0) is 12.4. The number of ether oxygens (including phenoxy) is 4. The summed E-state index contributed by atoms with van der Waals surface area (Å²) >= 11 is 0. The van der Waals surface area contributed by atoms with Crippen molar-refractivity contribution in [2.24, 2.45) is 0 Å². The van der Waals surface area contributed by atoms with Gasteiger partial charge in [0.2, 0.25) is 6.79 Å². The minimum Gasteiger partial charge on any atom is -0.490 e. The van der Waals surface area contributed by atoms with Crippen molar-refractivity contribution in [2.75, 3.05) is 20.0 Å². The molecule has 5 heteroatoms. The fourth-order valence-electron chi connectivity index (χ4n) is 2.17. The van der Waals surface area contributed by atoms with Gasteiger partial charge in [-0.15, -0.1) is 0 Å². The van der Waals surface area contributed by atoms with Gasteiger partial charge in [0.1, 0.15) is 11.9 Å². The van der Waals surface area contributed by atoms with Gasteiger partial charge in [0.05, 0.1) is 19.8 Å². The fraction of sp³-hybridized carbons (Fsp3) is 0.538. The fourth-order valence-corrected chi connectivity index (χ4v) is 2.17. The lowest BCUT2D eigenvalue weighted by molar-refractivity contribution is 0.0247. The Kier molecular flexibility index (Phi) is 3.25. The summed E-state index contributed by atoms with van der Waals surface area (Å²) in [6, 6.07) is 3.57. The molecule has 0 spiro atoms. The molecule has 0 unspecified atom stereocenters. The summed E-state index contributed by atoms with van der Waals surface area (Å²) in [6.07, 6.45) is 1.89. The Hall–Kier alpha value is -1.46. The molecule has 0 bridgehead atoms. The molecule has 0 aromatic heterocycles. The Bertz CT molecular complexity index is 426. The van der Waals surface area contributed by atoms with Crippen LogP contribution < -0.4 is 14.2 Å². The first-order valence-electron chi connectivity index (χ1n) is 6.14. The van der Waals surface area contributed by atoms with Crippen LogP contribution in [0.4, 0.5) is 0 Å². The standard InChI is InChI=1S/C13H16O5/c14-7-9-5-12-13(17-8-16-12)6-11(9)18-10-1-3-15-4-2-10/h5-6,10,14H,1-4,7-8H2. The molecular weight excluding hydrogens is 236 g/mol. The molecule has 1 fully saturated rings. The highest BCUT2D eigenvalue weighted by atomic mass is 16.7. The largest absolute Gasteiger partial charge is 0.490 e. The number of hydrogen-bond acceptors (Lipinski definition) is 5. The molecule has 0 saturated carbocycles. The maximum Gasteiger partial charge on any atom is 0.231 e. The van der Waals surface area contributed by atoms with Gasteiger partial charge in [-0.25, -0.2) is 0 Å². The number of hydrogen-bond donors (Lipinski definition) is 1. The maximum absolute atomic E-state index is 9.38. The summed E-state index contributed by atoms with van der Waals surface area (Å²) in [7, 11) is 0. The van der Waals surface area contributed by atoms with E-state index in [1.165, 1.54) is 0 Å². The zero-order valence-corrected chi connectivity index (χ0v) is 10.1. The van der Waals surface area contributed by atoms with Crippen LogP contribution in [0.25, 0.3) is 0 Å². The number of benzene rings is 1. The second-order valence-corrected chi connectivity index (χ2v) is 4.40. The smallest absolute Gasteiger partial charge is 0.231 e. The van der Waals surface area contributed by atoms with Crippen LogP contribution in [0, 0.1) is 0 Å². The van der Waals surface area contributed by atoms with Gasteiger partial charge in [0.25, 0.3) is 0 Å². The lowest BCUT2D eigenvalue weighted by atomic mass is 10.1. The SMILES string of the molecule is OCc1cc2c(cc1OC1CCOCC1)OCO2. The number of rotatable bonds is 3. The van der Waals surface area contributed by atoms with E-state index in [1.807, 2.05) is 0 Å². The Morgan fingerprint density at radius 2 is 1.89 bits per heavy atom. The minimum atomic E-state index is -0.0742. The van der Waals surface area contributed by atoms with Crippen LogP contribution in [0.2, 0.25) is 0 Å². The van der Waals surface area contributed by atoms with Crippen molar-refractivity contribution in [3.63, 3.8) is 0 Å². The molecule has 0 aliphatic carbocycles. The summed E-state index contributed by atoms with van der Waals surface area (Å²) in [5.41, 5.74) is 0.728. The zero-order valence-electron chi connectivity index (χ0n) is 10.1. The molecular formula is C13H16O5. The van der Waals surface area contributed by atoms with Crippen LogP contribution in [0.3, 0.4) is 0 Å². The molecule has 98 valence electrons. The van der Waals surface area contributed by atoms with Crippen LogP contribution >= 0.6 is 0 Å². The maximum atomic E-state index is 9.38. The predicted octanol–water partition coefficient (Wildman–Crippen LogP) is 1.47. The van der Waals surface area contributed by atoms with E-state index in [0.717, 1.165) is 31.6 Å². The Morgan fingerprint density at radius 3 is 2.61 bits per heavy atom. The Labute approximate surface area is 105 Å². The molecule has 3 rings (SSSR count). The lowest BCUT2D eigenvalue weighted by Gasteiger charge is -2.24. The average molecular weight is 252 g/mol. The second kappa shape index (κ2) is 5.04. The van der Waals surface area contributed by atoms with E-state index in [2.05, 4.69) is 0 Å². The molecule has 1 saturated heterocycles. The van der Waals surface area contributed by atoms with Gasteiger partial charge >= 0.3 is 0 Å². The van der Waals surface area contributed by atoms with Crippen LogP contribution in [0.15, 0.2) is 12.1 Å². The highest BCUT2D eigenvalue weighted by Gasteiger charge is 2.21. The summed E-state index contributed by atoms with van der Waals surface area (Å²) < 4.78 is 21.8. The van der Waals surface area contributed by atoms with Gasteiger partial charge in [-0.05, 0) is 6.07 Å². The molecule has 2 aliphatic rings. The van der Waals surface area contributed by atoms with Gasteiger partial charge in [0.15, 0.2) is 11.5 Å². The number of aliphatic hydroxyl groups excluding tert-OH is 1. The summed E-state index contributed by atoms with van der Waals surface area (Å²) in [5.74, 6) is 2.02. The van der Waals surface area contributed by atoms with Gasteiger partial charge in [0, 0.05) is 24.5 Å². The molecule has 5 nitrogen and oxygen atoms in total. The first-order chi connectivity index (χ1) is 8.86. The summed E-state index contributed by atoms with van der Waals surface area (Å²) in [5, 5.41) is 9.38. The molecule has 18 heavy (non-hydrogen) atoms. The van der Waals surface area contributed by atoms with Crippen LogP contribution in [-0.4, -0.2) is 31.2 Å². The Morgan fingerprint density at radius 1 is 1.17 bits per heavy atom. The highest BCUT2D eigenvalue weighted by molar-refractivity contribution is 5.51. The lowest BCUT2D eigenvalue weighted by Crippen LogP contribution is -2.26. The minimum absolute atomic E-state index is 0.0742. The van der Waals surface area contributed by atoms with E-state index < -0.39 is 0 Å². The topological polar surface area (TPSA) is 57.2 Å². The molecule has 0 radical (unpaired) electrons. The first-order valence-corrected chi connectivity index (χ1v) is 6.14. The number of fused-ring (bicyclic) bond motifs is 1. The molecule has 1 N–H and O–H groups in total. The highest BCUT2D eigenvalue weighted by Crippen LogP contribution is 2.38. The van der Waals surface area contributed by atoms with Crippen molar-refractivity contribution in [1.82, 2.24) is 0 Å². The molecule has 2 heterocycles. The van der Waals surface area contributed by atoms with Gasteiger partial charge in [-0.2, -0.15) is 0 Å². The summed E-state index contributed by atoms with van der Waals surface area (Å²) in [6.45, 7) is 1.60. The predicted molar refractivity (Wildman–Crippen MR) is 63.0 cm³/mol. The quantitative estimate of drug-likeness (QED) is 0.882. The molecule has 0 amide bonds. The van der Waals surface area contributed by atoms with E-state index in [9.17, 15) is 5.11 Å². The Balaban J connectivity index is 1.81. The van der Waals surface area contributed by atoms with E-state index in [-0.39, 0.29) is 19.5 Å². The van der Waals surface area contributed by atoms with Crippen LogP contribution in [-0.2, 0) is 11.3 Å². The molecule has 2 aliphatic heterocycles. The van der Waals surface area contributed by atoms with E-state index in [0.29, 0.717) is 17.2 Å². The second-order valence-electron chi connectivity index (χ2n) is 4.40. The van der Waals surface area contributed by atoms with Crippen LogP contribution in [0.5, 0.6) is 17.2 Å². The van der Waals surface area contributed by atoms with Crippen molar-refractivity contribution in [3.8, 4) is 17.2 Å². The van der Waals surface area contributed by atoms with Gasteiger partial charge in [-0.1, -0.05) is 0 Å². The van der Waals surface area contributed by atoms with Crippen molar-refractivity contribution in [3.05, 3.63) is 17.7 Å². The van der Waals surface area contributed by atoms with Crippen molar-refractivity contribution in [1.29, 1.82) is 0 Å². The van der Waals surface area contributed by atoms with Crippen LogP contribution in [0.1, 0.15) is 18.4 Å². The molecule has 1 aromatic rings. The first kappa shape index (κ1) is 11.6. The third-order valence-electron chi connectivity index (χ3n) is 3.19. The summed E-state index contributed by atoms with van der Waals surface area (Å²) in [4.78, 5) is 0. The van der Waals surface area contributed by atoms with Gasteiger partial charge in [-0.3, -0.25) is 0 Å². The third-order valence-corrected chi connectivity index (χ3v) is 3.19. The van der Waals surface area contributed by atoms with E-state index in [1.54, 1.807) is 12.1 Å². The number of aliphatic hydroxyl groups is 1. The monoisotopic (exact) mass is 252 g/mol. The average Bonchev–Trinajstić information content (AvgIpc) is 2.86. The van der Waals surface area contributed by atoms with Crippen molar-refractivity contribution in [2.45, 2.75) is 25.6 Å². The van der Waals surface area contributed by atoms with E-state index in [4.69, 9.17) is 18.9 Å². The van der Waals surface area contributed by atoms with Gasteiger partial charge < -0.3 is 24.1 Å². The van der Waals surface area contributed by atoms with Crippen molar-refractivity contribution < 1.29 is 24.1 Å². The van der Waals surface area contributed by atoms with Crippen molar-refractivity contribution >= 4 is 0 Å². The molecule has 0 atom stereocenters. The molecule has 1 aromatic carbocycles. The third kappa shape index (κ3) is 2.23. The van der Waals surface area contributed by atoms with E-state index >= 15 is 0 Å². The normalized spacial score (nSPS) is 18.9.